The van der Waals surface area contributed by atoms with Gasteiger partial charge in [-0.25, -0.2) is 0 Å². The van der Waals surface area contributed by atoms with E-state index < -0.39 is 0 Å². The Bertz CT molecular complexity index is 285. The van der Waals surface area contributed by atoms with Crippen LogP contribution in [0.5, 0.6) is 5.75 Å². The number of nitrogens with two attached hydrogens (primary N) is 2. The van der Waals surface area contributed by atoms with Crippen molar-refractivity contribution in [1.82, 2.24) is 0 Å². The highest BCUT2D eigenvalue weighted by atomic mass is 16.5. The fourth-order valence-corrected chi connectivity index (χ4v) is 1.53. The minimum atomic E-state index is 0.427. The zero-order valence-corrected chi connectivity index (χ0v) is 9.28. The second-order valence-corrected chi connectivity index (χ2v) is 3.73. The van der Waals surface area contributed by atoms with Gasteiger partial charge in [0.05, 0.1) is 7.11 Å². The first-order valence-corrected chi connectivity index (χ1v) is 5.33. The van der Waals surface area contributed by atoms with Gasteiger partial charge in [0.15, 0.2) is 0 Å². The van der Waals surface area contributed by atoms with Gasteiger partial charge in [-0.05, 0) is 49.5 Å². The summed E-state index contributed by atoms with van der Waals surface area (Å²) in [7, 11) is 1.68. The van der Waals surface area contributed by atoms with Crippen LogP contribution in [-0.4, -0.2) is 20.2 Å². The van der Waals surface area contributed by atoms with Gasteiger partial charge in [-0.1, -0.05) is 12.1 Å². The predicted octanol–water partition coefficient (Wildman–Crippen LogP) is 1.16. The number of benzene rings is 1. The Kier molecular flexibility index (Phi) is 5.15. The fourth-order valence-electron chi connectivity index (χ4n) is 1.53. The van der Waals surface area contributed by atoms with E-state index in [4.69, 9.17) is 16.2 Å². The van der Waals surface area contributed by atoms with Gasteiger partial charge in [0, 0.05) is 0 Å². The molecule has 0 aliphatic carbocycles. The Labute approximate surface area is 91.4 Å². The second kappa shape index (κ2) is 6.43. The molecule has 0 saturated carbocycles. The highest BCUT2D eigenvalue weighted by Gasteiger charge is 2.04. The van der Waals surface area contributed by atoms with Gasteiger partial charge in [-0.2, -0.15) is 0 Å². The second-order valence-electron chi connectivity index (χ2n) is 3.73. The van der Waals surface area contributed by atoms with Crippen molar-refractivity contribution in [2.24, 2.45) is 17.4 Å². The van der Waals surface area contributed by atoms with Crippen LogP contribution in [0.25, 0.3) is 0 Å². The van der Waals surface area contributed by atoms with Crippen molar-refractivity contribution in [3.63, 3.8) is 0 Å². The molecule has 0 spiro atoms. The molecule has 0 atom stereocenters. The van der Waals surface area contributed by atoms with Crippen LogP contribution in [0.2, 0.25) is 0 Å². The molecular formula is C12H20N2O. The molecule has 84 valence electrons. The molecule has 1 aromatic rings. The Morgan fingerprint density at radius 3 is 2.60 bits per heavy atom. The Morgan fingerprint density at radius 1 is 1.27 bits per heavy atom. The van der Waals surface area contributed by atoms with Gasteiger partial charge in [0.25, 0.3) is 0 Å². The van der Waals surface area contributed by atoms with Gasteiger partial charge < -0.3 is 16.2 Å². The standard InChI is InChI=1S/C12H20N2O/c1-15-12-4-2-3-10(7-12)5-6-11(8-13)9-14/h2-4,7,11H,5-6,8-9,13-14H2,1H3. The first kappa shape index (κ1) is 12.0. The number of hydrogen-bond donors (Lipinski definition) is 2. The molecule has 0 fully saturated rings. The van der Waals surface area contributed by atoms with Crippen LogP contribution in [0.15, 0.2) is 24.3 Å². The molecule has 1 aromatic carbocycles. The summed E-state index contributed by atoms with van der Waals surface area (Å²) in [6.45, 7) is 1.33. The molecule has 0 aliphatic rings. The van der Waals surface area contributed by atoms with Crippen LogP contribution < -0.4 is 16.2 Å². The van der Waals surface area contributed by atoms with Crippen molar-refractivity contribution < 1.29 is 4.74 Å². The SMILES string of the molecule is COc1cccc(CCC(CN)CN)c1. The Balaban J connectivity index is 2.49. The van der Waals surface area contributed by atoms with E-state index in [2.05, 4.69) is 12.1 Å². The van der Waals surface area contributed by atoms with Gasteiger partial charge >= 0.3 is 0 Å². The van der Waals surface area contributed by atoms with Crippen molar-refractivity contribution in [2.45, 2.75) is 12.8 Å². The van der Waals surface area contributed by atoms with Crippen molar-refractivity contribution in [3.8, 4) is 5.75 Å². The van der Waals surface area contributed by atoms with E-state index in [1.807, 2.05) is 12.1 Å². The average molecular weight is 208 g/mol. The van der Waals surface area contributed by atoms with E-state index in [1.54, 1.807) is 7.11 Å². The van der Waals surface area contributed by atoms with Crippen molar-refractivity contribution in [3.05, 3.63) is 29.8 Å². The third-order valence-electron chi connectivity index (χ3n) is 2.64. The number of hydrogen-bond acceptors (Lipinski definition) is 3. The summed E-state index contributed by atoms with van der Waals surface area (Å²) in [6, 6.07) is 8.12. The van der Waals surface area contributed by atoms with Crippen molar-refractivity contribution in [1.29, 1.82) is 0 Å². The first-order chi connectivity index (χ1) is 7.30. The molecule has 1 rings (SSSR count). The average Bonchev–Trinajstić information content (AvgIpc) is 2.31. The molecule has 0 bridgehead atoms. The lowest BCUT2D eigenvalue weighted by Crippen LogP contribution is -2.23. The summed E-state index contributed by atoms with van der Waals surface area (Å²) in [5, 5.41) is 0. The van der Waals surface area contributed by atoms with E-state index in [9.17, 15) is 0 Å². The minimum absolute atomic E-state index is 0.427. The lowest BCUT2D eigenvalue weighted by molar-refractivity contribution is 0.414. The molecule has 0 amide bonds. The maximum Gasteiger partial charge on any atom is 0.119 e. The van der Waals surface area contributed by atoms with E-state index in [-0.39, 0.29) is 0 Å². The Morgan fingerprint density at radius 2 is 2.00 bits per heavy atom. The van der Waals surface area contributed by atoms with Gasteiger partial charge in [0.2, 0.25) is 0 Å². The summed E-state index contributed by atoms with van der Waals surface area (Å²) >= 11 is 0. The van der Waals surface area contributed by atoms with Crippen molar-refractivity contribution in [2.75, 3.05) is 20.2 Å². The number of rotatable bonds is 6. The number of aryl methyl sites for hydroxylation is 1. The van der Waals surface area contributed by atoms with Crippen LogP contribution in [0.4, 0.5) is 0 Å². The van der Waals surface area contributed by atoms with Gasteiger partial charge in [0.1, 0.15) is 5.75 Å². The summed E-state index contributed by atoms with van der Waals surface area (Å²) in [6.07, 6.45) is 2.05. The predicted molar refractivity (Wildman–Crippen MR) is 62.9 cm³/mol. The normalized spacial score (nSPS) is 10.7. The molecule has 15 heavy (non-hydrogen) atoms. The third-order valence-corrected chi connectivity index (χ3v) is 2.64. The van der Waals surface area contributed by atoms with Gasteiger partial charge in [-0.3, -0.25) is 0 Å². The quantitative estimate of drug-likeness (QED) is 0.737. The first-order valence-electron chi connectivity index (χ1n) is 5.33. The van der Waals surface area contributed by atoms with Gasteiger partial charge in [-0.15, -0.1) is 0 Å². The zero-order valence-electron chi connectivity index (χ0n) is 9.28. The molecule has 0 aromatic heterocycles. The number of methoxy groups -OCH3 is 1. The molecule has 0 heterocycles. The fraction of sp³-hybridized carbons (Fsp3) is 0.500. The smallest absolute Gasteiger partial charge is 0.119 e. The minimum Gasteiger partial charge on any atom is -0.497 e. The lowest BCUT2D eigenvalue weighted by Gasteiger charge is -2.11. The number of ether oxygens (including phenoxy) is 1. The third kappa shape index (κ3) is 3.90. The molecule has 0 unspecified atom stereocenters. The highest BCUT2D eigenvalue weighted by Crippen LogP contribution is 2.15. The van der Waals surface area contributed by atoms with E-state index >= 15 is 0 Å². The van der Waals surface area contributed by atoms with E-state index in [1.165, 1.54) is 5.56 Å². The largest absolute Gasteiger partial charge is 0.497 e. The summed E-state index contributed by atoms with van der Waals surface area (Å²) in [4.78, 5) is 0. The van der Waals surface area contributed by atoms with Crippen LogP contribution in [0.1, 0.15) is 12.0 Å². The molecule has 3 nitrogen and oxygen atoms in total. The molecule has 0 aliphatic heterocycles. The zero-order chi connectivity index (χ0) is 11.1. The maximum absolute atomic E-state index is 5.60. The summed E-state index contributed by atoms with van der Waals surface area (Å²) < 4.78 is 5.16. The molecule has 3 heteroatoms. The Hall–Kier alpha value is -1.06. The van der Waals surface area contributed by atoms with E-state index in [0.717, 1.165) is 18.6 Å². The van der Waals surface area contributed by atoms with Crippen molar-refractivity contribution >= 4 is 0 Å². The molecule has 0 radical (unpaired) electrons. The monoisotopic (exact) mass is 208 g/mol. The van der Waals surface area contributed by atoms with Crippen LogP contribution in [0.3, 0.4) is 0 Å². The summed E-state index contributed by atoms with van der Waals surface area (Å²) in [5.74, 6) is 1.33. The molecular weight excluding hydrogens is 188 g/mol. The molecule has 0 saturated heterocycles. The summed E-state index contributed by atoms with van der Waals surface area (Å²) in [5.41, 5.74) is 12.5. The topological polar surface area (TPSA) is 61.3 Å². The highest BCUT2D eigenvalue weighted by molar-refractivity contribution is 5.28. The van der Waals surface area contributed by atoms with Crippen LogP contribution in [-0.2, 0) is 6.42 Å². The van der Waals surface area contributed by atoms with E-state index in [0.29, 0.717) is 19.0 Å². The maximum atomic E-state index is 5.60. The molecule has 4 N–H and O–H groups in total. The van der Waals surface area contributed by atoms with Crippen LogP contribution >= 0.6 is 0 Å². The lowest BCUT2D eigenvalue weighted by atomic mass is 9.99. The van der Waals surface area contributed by atoms with Crippen LogP contribution in [0, 0.1) is 5.92 Å².